The molecule has 0 saturated carbocycles. The second kappa shape index (κ2) is 8.57. The fourth-order valence-corrected chi connectivity index (χ4v) is 5.42. The molecule has 0 unspecified atom stereocenters. The molecular formula is C21H20N2O3S3. The monoisotopic (exact) mass is 444 g/mol. The molecule has 1 amide bonds. The number of amides is 1. The summed E-state index contributed by atoms with van der Waals surface area (Å²) in [5.41, 5.74) is 1.13. The number of carbonyl (C=O) groups is 1. The molecule has 29 heavy (non-hydrogen) atoms. The van der Waals surface area contributed by atoms with Crippen LogP contribution in [-0.4, -0.2) is 30.4 Å². The van der Waals surface area contributed by atoms with Crippen molar-refractivity contribution in [2.45, 2.75) is 35.4 Å². The number of nitrogens with zero attached hydrogens (tertiary/aromatic N) is 2. The molecule has 0 N–H and O–H groups in total. The second-order valence-electron chi connectivity index (χ2n) is 6.55. The average molecular weight is 445 g/mol. The van der Waals surface area contributed by atoms with E-state index >= 15 is 0 Å². The first-order valence-electron chi connectivity index (χ1n) is 8.81. The molecule has 0 aliphatic heterocycles. The van der Waals surface area contributed by atoms with Crippen LogP contribution in [0.5, 0.6) is 0 Å². The molecule has 3 rings (SSSR count). The van der Waals surface area contributed by atoms with Gasteiger partial charge in [-0.05, 0) is 56.5 Å². The number of thiazole rings is 1. The third kappa shape index (κ3) is 4.32. The van der Waals surface area contributed by atoms with Gasteiger partial charge in [-0.1, -0.05) is 23.3 Å². The zero-order valence-corrected chi connectivity index (χ0v) is 18.7. The van der Waals surface area contributed by atoms with E-state index in [9.17, 15) is 13.2 Å². The van der Waals surface area contributed by atoms with Crippen molar-refractivity contribution in [2.75, 3.05) is 6.26 Å². The highest BCUT2D eigenvalue weighted by molar-refractivity contribution is 7.98. The number of hydrogen-bond acceptors (Lipinski definition) is 5. The molecule has 150 valence electrons. The third-order valence-corrected chi connectivity index (χ3v) is 8.29. The van der Waals surface area contributed by atoms with Gasteiger partial charge in [0.1, 0.15) is 0 Å². The van der Waals surface area contributed by atoms with Crippen molar-refractivity contribution in [3.63, 3.8) is 0 Å². The molecule has 0 aliphatic carbocycles. The minimum Gasteiger partial charge on any atom is -0.305 e. The van der Waals surface area contributed by atoms with Crippen molar-refractivity contribution in [1.82, 2.24) is 4.57 Å². The van der Waals surface area contributed by atoms with Gasteiger partial charge in [0.15, 0.2) is 14.6 Å². The zero-order chi connectivity index (χ0) is 21.2. The van der Waals surface area contributed by atoms with E-state index in [4.69, 9.17) is 6.42 Å². The van der Waals surface area contributed by atoms with E-state index in [0.717, 1.165) is 15.1 Å². The lowest BCUT2D eigenvalue weighted by Gasteiger charge is -2.08. The fourth-order valence-electron chi connectivity index (χ4n) is 2.74. The number of aromatic nitrogens is 1. The number of hydrogen-bond donors (Lipinski definition) is 0. The van der Waals surface area contributed by atoms with E-state index in [1.165, 1.54) is 23.5 Å². The van der Waals surface area contributed by atoms with Crippen LogP contribution in [0.4, 0.5) is 0 Å². The van der Waals surface area contributed by atoms with Gasteiger partial charge in [-0.2, -0.15) is 4.99 Å². The molecule has 0 atom stereocenters. The van der Waals surface area contributed by atoms with Gasteiger partial charge >= 0.3 is 0 Å². The Labute approximate surface area is 178 Å². The van der Waals surface area contributed by atoms with Crippen molar-refractivity contribution in [3.05, 3.63) is 52.8 Å². The summed E-state index contributed by atoms with van der Waals surface area (Å²) in [5.74, 6) is 2.09. The first kappa shape index (κ1) is 21.4. The first-order chi connectivity index (χ1) is 13.8. The van der Waals surface area contributed by atoms with Gasteiger partial charge < -0.3 is 4.57 Å². The Balaban J connectivity index is 2.11. The normalized spacial score (nSPS) is 12.4. The Morgan fingerprint density at radius 1 is 1.28 bits per heavy atom. The van der Waals surface area contributed by atoms with E-state index < -0.39 is 21.0 Å². The van der Waals surface area contributed by atoms with Gasteiger partial charge in [-0.25, -0.2) is 8.42 Å². The molecule has 3 aromatic rings. The zero-order valence-electron chi connectivity index (χ0n) is 16.2. The lowest BCUT2D eigenvalue weighted by Crippen LogP contribution is -2.17. The summed E-state index contributed by atoms with van der Waals surface area (Å²) in [6.07, 6.45) is 7.51. The summed E-state index contributed by atoms with van der Waals surface area (Å²) in [6, 6.07) is 12.0. The van der Waals surface area contributed by atoms with Crippen LogP contribution in [0.2, 0.25) is 0 Å². The maximum absolute atomic E-state index is 12.8. The number of fused-ring (bicyclic) bond motifs is 1. The molecule has 5 nitrogen and oxygen atoms in total. The summed E-state index contributed by atoms with van der Waals surface area (Å²) in [4.78, 5) is 18.8. The Bertz CT molecular complexity index is 1290. The quantitative estimate of drug-likeness (QED) is 0.441. The van der Waals surface area contributed by atoms with Gasteiger partial charge in [-0.3, -0.25) is 4.79 Å². The van der Waals surface area contributed by atoms with Gasteiger partial charge in [0.05, 0.1) is 26.9 Å². The van der Waals surface area contributed by atoms with Crippen LogP contribution in [-0.2, 0) is 16.4 Å². The summed E-state index contributed by atoms with van der Waals surface area (Å²) >= 11 is 3.01. The molecule has 8 heteroatoms. The second-order valence-corrected chi connectivity index (χ2v) is 10.9. The van der Waals surface area contributed by atoms with Crippen LogP contribution in [0.1, 0.15) is 24.2 Å². The fraction of sp³-hybridized carbons (Fsp3) is 0.238. The Kier molecular flexibility index (Phi) is 6.32. The predicted molar refractivity (Wildman–Crippen MR) is 119 cm³/mol. The van der Waals surface area contributed by atoms with E-state index in [-0.39, 0.29) is 17.0 Å². The van der Waals surface area contributed by atoms with Crippen molar-refractivity contribution >= 4 is 49.1 Å². The highest BCUT2D eigenvalue weighted by Crippen LogP contribution is 2.24. The molecule has 0 spiro atoms. The van der Waals surface area contributed by atoms with Crippen LogP contribution in [0.25, 0.3) is 10.2 Å². The Morgan fingerprint density at radius 2 is 2.03 bits per heavy atom. The summed E-state index contributed by atoms with van der Waals surface area (Å²) in [5, 5.41) is -0.573. The highest BCUT2D eigenvalue weighted by Gasteiger charge is 2.20. The van der Waals surface area contributed by atoms with Crippen LogP contribution in [0.15, 0.2) is 57.2 Å². The smallest absolute Gasteiger partial charge is 0.279 e. The highest BCUT2D eigenvalue weighted by atomic mass is 32.2. The van der Waals surface area contributed by atoms with Crippen LogP contribution in [0, 0.1) is 12.3 Å². The van der Waals surface area contributed by atoms with Crippen molar-refractivity contribution in [1.29, 1.82) is 0 Å². The standard InChI is InChI=1S/C21H20N2O3S3/c1-5-11-23-18-10-9-16(27-4)13-19(18)28-21(23)22-20(24)15-7-6-8-17(12-15)29(25,26)14(2)3/h1,6-10,12-14H,11H2,2-4H3. The third-order valence-electron chi connectivity index (χ3n) is 4.37. The van der Waals surface area contributed by atoms with Crippen molar-refractivity contribution in [2.24, 2.45) is 4.99 Å². The minimum absolute atomic E-state index is 0.117. The first-order valence-corrected chi connectivity index (χ1v) is 12.4. The van der Waals surface area contributed by atoms with Crippen molar-refractivity contribution < 1.29 is 13.2 Å². The molecule has 0 fully saturated rings. The number of terminal acetylenes is 1. The van der Waals surface area contributed by atoms with Gasteiger partial charge in [-0.15, -0.1) is 18.2 Å². The largest absolute Gasteiger partial charge is 0.305 e. The Hall–Kier alpha value is -2.34. The van der Waals surface area contributed by atoms with E-state index in [0.29, 0.717) is 4.80 Å². The van der Waals surface area contributed by atoms with Gasteiger partial charge in [0, 0.05) is 10.5 Å². The van der Waals surface area contributed by atoms with Crippen LogP contribution >= 0.6 is 23.1 Å². The summed E-state index contributed by atoms with van der Waals surface area (Å²) < 4.78 is 27.6. The molecule has 2 aromatic carbocycles. The SMILES string of the molecule is C#CCn1c(=NC(=O)c2cccc(S(=O)(=O)C(C)C)c2)sc2cc(SC)ccc21. The van der Waals surface area contributed by atoms with Crippen LogP contribution < -0.4 is 4.80 Å². The average Bonchev–Trinajstić information content (AvgIpc) is 3.04. The lowest BCUT2D eigenvalue weighted by molar-refractivity contribution is 0.0997. The summed E-state index contributed by atoms with van der Waals surface area (Å²) in [7, 11) is -3.48. The molecule has 0 bridgehead atoms. The molecule has 1 heterocycles. The summed E-state index contributed by atoms with van der Waals surface area (Å²) in [6.45, 7) is 3.50. The number of benzene rings is 2. The number of carbonyl (C=O) groups excluding carboxylic acids is 1. The van der Waals surface area contributed by atoms with E-state index in [2.05, 4.69) is 10.9 Å². The van der Waals surface area contributed by atoms with Gasteiger partial charge in [0.25, 0.3) is 5.91 Å². The number of rotatable bonds is 5. The van der Waals surface area contributed by atoms with Crippen molar-refractivity contribution in [3.8, 4) is 12.3 Å². The predicted octanol–water partition coefficient (Wildman–Crippen LogP) is 3.98. The van der Waals surface area contributed by atoms with Crippen LogP contribution in [0.3, 0.4) is 0 Å². The Morgan fingerprint density at radius 3 is 2.69 bits per heavy atom. The van der Waals surface area contributed by atoms with E-state index in [1.54, 1.807) is 37.7 Å². The molecule has 1 aromatic heterocycles. The molecular weight excluding hydrogens is 424 g/mol. The molecule has 0 saturated heterocycles. The number of thioether (sulfide) groups is 1. The maximum Gasteiger partial charge on any atom is 0.279 e. The number of sulfone groups is 1. The topological polar surface area (TPSA) is 68.5 Å². The lowest BCUT2D eigenvalue weighted by atomic mass is 10.2. The minimum atomic E-state index is -3.48. The molecule has 0 aliphatic rings. The van der Waals surface area contributed by atoms with Gasteiger partial charge in [0.2, 0.25) is 0 Å². The van der Waals surface area contributed by atoms with E-state index in [1.807, 2.05) is 29.0 Å². The molecule has 0 radical (unpaired) electrons. The maximum atomic E-state index is 12.8.